The van der Waals surface area contributed by atoms with Gasteiger partial charge in [-0.25, -0.2) is 9.18 Å². The molecular weight excluding hydrogens is 279 g/mol. The lowest BCUT2D eigenvalue weighted by atomic mass is 10.1. The quantitative estimate of drug-likeness (QED) is 0.734. The summed E-state index contributed by atoms with van der Waals surface area (Å²) in [6.45, 7) is 1.98. The van der Waals surface area contributed by atoms with E-state index in [4.69, 9.17) is 10.8 Å². The number of rotatable bonds is 5. The number of hydrogen-bond donors (Lipinski definition) is 3. The Bertz CT molecular complexity index is 614. The third-order valence-corrected chi connectivity index (χ3v) is 3.98. The lowest BCUT2D eigenvalue weighted by Gasteiger charge is -2.18. The molecule has 2 rings (SSSR count). The van der Waals surface area contributed by atoms with Crippen LogP contribution in [0.5, 0.6) is 0 Å². The summed E-state index contributed by atoms with van der Waals surface area (Å²) >= 11 is 1.57. The molecular formula is C14H15FN2O2S. The van der Waals surface area contributed by atoms with Crippen molar-refractivity contribution in [3.8, 4) is 0 Å². The van der Waals surface area contributed by atoms with Crippen LogP contribution in [0.25, 0.3) is 0 Å². The molecule has 1 unspecified atom stereocenters. The summed E-state index contributed by atoms with van der Waals surface area (Å²) in [7, 11) is 0. The van der Waals surface area contributed by atoms with E-state index in [2.05, 4.69) is 5.32 Å². The van der Waals surface area contributed by atoms with E-state index < -0.39 is 11.8 Å². The molecule has 2 aromatic rings. The Balaban J connectivity index is 2.33. The first-order chi connectivity index (χ1) is 9.52. The second-order valence-electron chi connectivity index (χ2n) is 4.35. The molecule has 0 saturated carbocycles. The molecule has 0 spiro atoms. The number of carbonyl (C=O) groups is 1. The van der Waals surface area contributed by atoms with Crippen LogP contribution < -0.4 is 11.1 Å². The molecule has 20 heavy (non-hydrogen) atoms. The monoisotopic (exact) mass is 294 g/mol. The van der Waals surface area contributed by atoms with Crippen molar-refractivity contribution >= 4 is 28.7 Å². The lowest BCUT2D eigenvalue weighted by Crippen LogP contribution is -2.11. The Morgan fingerprint density at radius 2 is 2.30 bits per heavy atom. The molecule has 1 aromatic carbocycles. The summed E-state index contributed by atoms with van der Waals surface area (Å²) in [6, 6.07) is 6.09. The highest BCUT2D eigenvalue weighted by Gasteiger charge is 2.16. The van der Waals surface area contributed by atoms with Gasteiger partial charge in [0, 0.05) is 10.6 Å². The topological polar surface area (TPSA) is 75.3 Å². The van der Waals surface area contributed by atoms with Gasteiger partial charge in [-0.05, 0) is 30.0 Å². The first-order valence-electron chi connectivity index (χ1n) is 6.15. The Labute approximate surface area is 120 Å². The van der Waals surface area contributed by atoms with Gasteiger partial charge in [-0.3, -0.25) is 0 Å². The van der Waals surface area contributed by atoms with Crippen LogP contribution in [0.2, 0.25) is 0 Å². The fourth-order valence-electron chi connectivity index (χ4n) is 1.94. The number of nitrogens with one attached hydrogen (secondary N) is 1. The summed E-state index contributed by atoms with van der Waals surface area (Å²) in [6.07, 6.45) is 0.757. The second-order valence-corrected chi connectivity index (χ2v) is 5.32. The molecule has 6 heteroatoms. The van der Waals surface area contributed by atoms with E-state index in [1.165, 1.54) is 6.07 Å². The Morgan fingerprint density at radius 3 is 2.85 bits per heavy atom. The lowest BCUT2D eigenvalue weighted by molar-refractivity contribution is 0.0698. The maximum Gasteiger partial charge on any atom is 0.337 e. The van der Waals surface area contributed by atoms with E-state index in [1.807, 2.05) is 24.4 Å². The Kier molecular flexibility index (Phi) is 4.24. The summed E-state index contributed by atoms with van der Waals surface area (Å²) in [5.41, 5.74) is 5.47. The number of nitrogens with two attached hydrogens (primary N) is 1. The van der Waals surface area contributed by atoms with Gasteiger partial charge in [-0.2, -0.15) is 0 Å². The predicted octanol–water partition coefficient (Wildman–Crippen LogP) is 3.73. The summed E-state index contributed by atoms with van der Waals surface area (Å²) in [5.74, 6) is -1.72. The Morgan fingerprint density at radius 1 is 1.55 bits per heavy atom. The molecule has 0 amide bonds. The van der Waals surface area contributed by atoms with Gasteiger partial charge in [0.25, 0.3) is 0 Å². The molecule has 1 aromatic heterocycles. The van der Waals surface area contributed by atoms with Gasteiger partial charge in [0.05, 0.1) is 17.3 Å². The molecule has 0 saturated heterocycles. The number of carboxylic acid groups (broad SMARTS) is 1. The van der Waals surface area contributed by atoms with Gasteiger partial charge in [0.15, 0.2) is 0 Å². The van der Waals surface area contributed by atoms with Crippen LogP contribution in [0.15, 0.2) is 29.6 Å². The zero-order valence-electron chi connectivity index (χ0n) is 10.9. The number of thiophene rings is 1. The van der Waals surface area contributed by atoms with Gasteiger partial charge in [-0.15, -0.1) is 11.3 Å². The van der Waals surface area contributed by atoms with Crippen molar-refractivity contribution in [1.29, 1.82) is 0 Å². The average molecular weight is 294 g/mol. The van der Waals surface area contributed by atoms with Crippen molar-refractivity contribution in [2.45, 2.75) is 19.4 Å². The van der Waals surface area contributed by atoms with Gasteiger partial charge in [0.2, 0.25) is 0 Å². The molecule has 106 valence electrons. The van der Waals surface area contributed by atoms with Crippen molar-refractivity contribution in [3.63, 3.8) is 0 Å². The highest BCUT2D eigenvalue weighted by Crippen LogP contribution is 2.29. The third-order valence-electron chi connectivity index (χ3n) is 2.99. The molecule has 4 N–H and O–H groups in total. The van der Waals surface area contributed by atoms with Crippen LogP contribution in [0.4, 0.5) is 15.8 Å². The average Bonchev–Trinajstić information content (AvgIpc) is 2.91. The van der Waals surface area contributed by atoms with Crippen LogP contribution in [0.3, 0.4) is 0 Å². The SMILES string of the molecule is CCC(Nc1cc(C(=O)O)c(N)cc1F)c1cccs1. The van der Waals surface area contributed by atoms with Crippen LogP contribution in [-0.2, 0) is 0 Å². The highest BCUT2D eigenvalue weighted by molar-refractivity contribution is 7.10. The second kappa shape index (κ2) is 5.92. The predicted molar refractivity (Wildman–Crippen MR) is 78.7 cm³/mol. The minimum Gasteiger partial charge on any atom is -0.478 e. The third kappa shape index (κ3) is 2.91. The van der Waals surface area contributed by atoms with Gasteiger partial charge in [0.1, 0.15) is 5.82 Å². The maximum atomic E-state index is 13.9. The number of halogens is 1. The van der Waals surface area contributed by atoms with Crippen LogP contribution in [0, 0.1) is 5.82 Å². The van der Waals surface area contributed by atoms with E-state index in [-0.39, 0.29) is 23.0 Å². The zero-order valence-corrected chi connectivity index (χ0v) is 11.7. The van der Waals surface area contributed by atoms with Crippen molar-refractivity contribution in [2.75, 3.05) is 11.1 Å². The molecule has 1 heterocycles. The van der Waals surface area contributed by atoms with E-state index in [0.717, 1.165) is 17.4 Å². The number of anilines is 2. The van der Waals surface area contributed by atoms with Gasteiger partial charge >= 0.3 is 5.97 Å². The molecule has 0 aliphatic heterocycles. The smallest absolute Gasteiger partial charge is 0.337 e. The van der Waals surface area contributed by atoms with Crippen molar-refractivity contribution < 1.29 is 14.3 Å². The summed E-state index contributed by atoms with van der Waals surface area (Å²) in [4.78, 5) is 12.1. The first-order valence-corrected chi connectivity index (χ1v) is 7.03. The molecule has 0 fully saturated rings. The largest absolute Gasteiger partial charge is 0.478 e. The summed E-state index contributed by atoms with van der Waals surface area (Å²) in [5, 5.41) is 14.0. The van der Waals surface area contributed by atoms with Crippen molar-refractivity contribution in [2.24, 2.45) is 0 Å². The van der Waals surface area contributed by atoms with Crippen LogP contribution in [0.1, 0.15) is 34.6 Å². The fourth-order valence-corrected chi connectivity index (χ4v) is 2.80. The molecule has 0 radical (unpaired) electrons. The van der Waals surface area contributed by atoms with Crippen molar-refractivity contribution in [1.82, 2.24) is 0 Å². The standard InChI is InChI=1S/C14H15FN2O2S/c1-2-11(13-4-3-5-20-13)17-12-6-8(14(18)19)10(16)7-9(12)15/h3-7,11,17H,2,16H2,1H3,(H,18,19). The number of benzene rings is 1. The number of aromatic carboxylic acids is 1. The Hall–Kier alpha value is -2.08. The minimum atomic E-state index is -1.17. The first kappa shape index (κ1) is 14.3. The molecule has 1 atom stereocenters. The molecule has 0 bridgehead atoms. The van der Waals surface area contributed by atoms with E-state index in [1.54, 1.807) is 11.3 Å². The molecule has 0 aliphatic rings. The van der Waals surface area contributed by atoms with E-state index >= 15 is 0 Å². The maximum absolute atomic E-state index is 13.9. The van der Waals surface area contributed by atoms with Gasteiger partial charge in [-0.1, -0.05) is 13.0 Å². The zero-order chi connectivity index (χ0) is 14.7. The van der Waals surface area contributed by atoms with Gasteiger partial charge < -0.3 is 16.2 Å². The number of carboxylic acids is 1. The van der Waals surface area contributed by atoms with E-state index in [9.17, 15) is 9.18 Å². The van der Waals surface area contributed by atoms with E-state index in [0.29, 0.717) is 0 Å². The molecule has 0 aliphatic carbocycles. The van der Waals surface area contributed by atoms with Crippen molar-refractivity contribution in [3.05, 3.63) is 45.9 Å². The van der Waals surface area contributed by atoms with Crippen LogP contribution >= 0.6 is 11.3 Å². The fraction of sp³-hybridized carbons (Fsp3) is 0.214. The minimum absolute atomic E-state index is 0.0604. The number of nitrogen functional groups attached to an aromatic ring is 1. The highest BCUT2D eigenvalue weighted by atomic mass is 32.1. The normalized spacial score (nSPS) is 12.1. The molecule has 4 nitrogen and oxygen atoms in total. The van der Waals surface area contributed by atoms with Crippen LogP contribution in [-0.4, -0.2) is 11.1 Å². The summed E-state index contributed by atoms with van der Waals surface area (Å²) < 4.78 is 13.9. The number of hydrogen-bond acceptors (Lipinski definition) is 4.